The standard InChI is InChI=1S/C14H22F3N3O2/c1-3-19-9-8-18(2)13(12(19)22)4-6-20(7-5-13)11(21)10-14(15,16)17/h3-10H2,1-2H3. The SMILES string of the molecule is CCN1CCN(C)C2(CCN(C(=O)CC(F)(F)F)CC2)C1=O. The molecule has 0 saturated carbocycles. The minimum absolute atomic E-state index is 0.0340. The fraction of sp³-hybridized carbons (Fsp3) is 0.857. The van der Waals surface area contributed by atoms with Crippen molar-refractivity contribution in [2.24, 2.45) is 0 Å². The Labute approximate surface area is 128 Å². The van der Waals surface area contributed by atoms with Crippen LogP contribution < -0.4 is 0 Å². The van der Waals surface area contributed by atoms with Crippen LogP contribution in [-0.4, -0.2) is 78.0 Å². The molecule has 0 aliphatic carbocycles. The maximum Gasteiger partial charge on any atom is 0.397 e. The van der Waals surface area contributed by atoms with Crippen molar-refractivity contribution in [2.75, 3.05) is 39.8 Å². The Morgan fingerprint density at radius 1 is 1.18 bits per heavy atom. The summed E-state index contributed by atoms with van der Waals surface area (Å²) in [5.41, 5.74) is -0.663. The number of amides is 2. The summed E-state index contributed by atoms with van der Waals surface area (Å²) in [6.45, 7) is 4.36. The summed E-state index contributed by atoms with van der Waals surface area (Å²) in [6.07, 6.45) is -5.13. The highest BCUT2D eigenvalue weighted by Crippen LogP contribution is 2.33. The van der Waals surface area contributed by atoms with E-state index >= 15 is 0 Å². The Bertz CT molecular complexity index is 445. The molecule has 22 heavy (non-hydrogen) atoms. The van der Waals surface area contributed by atoms with Gasteiger partial charge in [-0.3, -0.25) is 14.5 Å². The molecule has 0 aromatic heterocycles. The van der Waals surface area contributed by atoms with Gasteiger partial charge in [0.1, 0.15) is 12.0 Å². The number of piperidine rings is 1. The molecule has 8 heteroatoms. The van der Waals surface area contributed by atoms with Crippen LogP contribution in [0, 0.1) is 0 Å². The number of piperazine rings is 1. The molecule has 2 heterocycles. The van der Waals surface area contributed by atoms with E-state index < -0.39 is 24.0 Å². The zero-order valence-electron chi connectivity index (χ0n) is 12.9. The highest BCUT2D eigenvalue weighted by atomic mass is 19.4. The van der Waals surface area contributed by atoms with Gasteiger partial charge in [-0.15, -0.1) is 0 Å². The molecule has 1 spiro atoms. The predicted octanol–water partition coefficient (Wildman–Crippen LogP) is 1.09. The maximum atomic E-state index is 12.6. The Hall–Kier alpha value is -1.31. The summed E-state index contributed by atoms with van der Waals surface area (Å²) in [5, 5.41) is 0. The molecular weight excluding hydrogens is 299 g/mol. The van der Waals surface area contributed by atoms with Crippen molar-refractivity contribution >= 4 is 11.8 Å². The van der Waals surface area contributed by atoms with E-state index in [4.69, 9.17) is 0 Å². The van der Waals surface area contributed by atoms with Crippen LogP contribution >= 0.6 is 0 Å². The Kier molecular flexibility index (Phi) is 4.70. The second kappa shape index (κ2) is 6.06. The quantitative estimate of drug-likeness (QED) is 0.765. The fourth-order valence-corrected chi connectivity index (χ4v) is 3.35. The Morgan fingerprint density at radius 3 is 2.27 bits per heavy atom. The van der Waals surface area contributed by atoms with Crippen LogP contribution in [0.3, 0.4) is 0 Å². The molecule has 126 valence electrons. The summed E-state index contributed by atoms with van der Waals surface area (Å²) in [5.74, 6) is -0.868. The first-order valence-corrected chi connectivity index (χ1v) is 7.55. The summed E-state index contributed by atoms with van der Waals surface area (Å²) in [4.78, 5) is 29.3. The van der Waals surface area contributed by atoms with Gasteiger partial charge in [0, 0.05) is 32.7 Å². The third-order valence-electron chi connectivity index (χ3n) is 4.80. The van der Waals surface area contributed by atoms with Crippen molar-refractivity contribution < 1.29 is 22.8 Å². The molecule has 5 nitrogen and oxygen atoms in total. The number of likely N-dealkylation sites (tertiary alicyclic amines) is 1. The first-order chi connectivity index (χ1) is 10.2. The van der Waals surface area contributed by atoms with Crippen LogP contribution in [0.15, 0.2) is 0 Å². The van der Waals surface area contributed by atoms with E-state index in [-0.39, 0.29) is 19.0 Å². The number of nitrogens with zero attached hydrogens (tertiary/aromatic N) is 3. The van der Waals surface area contributed by atoms with E-state index in [1.54, 1.807) is 4.90 Å². The normalized spacial score (nSPS) is 23.2. The largest absolute Gasteiger partial charge is 0.397 e. The maximum absolute atomic E-state index is 12.6. The first-order valence-electron chi connectivity index (χ1n) is 7.55. The van der Waals surface area contributed by atoms with Gasteiger partial charge in [0.15, 0.2) is 0 Å². The van der Waals surface area contributed by atoms with Gasteiger partial charge in [-0.2, -0.15) is 13.2 Å². The topological polar surface area (TPSA) is 43.9 Å². The zero-order valence-corrected chi connectivity index (χ0v) is 12.9. The fourth-order valence-electron chi connectivity index (χ4n) is 3.35. The average Bonchev–Trinajstić information content (AvgIpc) is 2.44. The minimum atomic E-state index is -4.48. The summed E-state index contributed by atoms with van der Waals surface area (Å²) >= 11 is 0. The van der Waals surface area contributed by atoms with Gasteiger partial charge in [0.25, 0.3) is 0 Å². The van der Waals surface area contributed by atoms with E-state index in [0.29, 0.717) is 25.9 Å². The highest BCUT2D eigenvalue weighted by Gasteiger charge is 2.49. The number of carbonyl (C=O) groups excluding carboxylic acids is 2. The van der Waals surface area contributed by atoms with E-state index in [2.05, 4.69) is 0 Å². The number of likely N-dealkylation sites (N-methyl/N-ethyl adjacent to an activating group) is 2. The molecule has 0 radical (unpaired) electrons. The number of hydrogen-bond acceptors (Lipinski definition) is 3. The van der Waals surface area contributed by atoms with Crippen molar-refractivity contribution in [3.63, 3.8) is 0 Å². The predicted molar refractivity (Wildman–Crippen MR) is 74.1 cm³/mol. The second-order valence-corrected chi connectivity index (χ2v) is 6.01. The van der Waals surface area contributed by atoms with Crippen molar-refractivity contribution in [1.29, 1.82) is 0 Å². The van der Waals surface area contributed by atoms with E-state index in [9.17, 15) is 22.8 Å². The van der Waals surface area contributed by atoms with Gasteiger partial charge in [0.2, 0.25) is 11.8 Å². The lowest BCUT2D eigenvalue weighted by Gasteiger charge is -2.51. The Balaban J connectivity index is 2.03. The number of alkyl halides is 3. The third-order valence-corrected chi connectivity index (χ3v) is 4.80. The summed E-state index contributed by atoms with van der Waals surface area (Å²) in [7, 11) is 1.87. The van der Waals surface area contributed by atoms with Crippen LogP contribution in [-0.2, 0) is 9.59 Å². The Morgan fingerprint density at radius 2 is 1.77 bits per heavy atom. The highest BCUT2D eigenvalue weighted by molar-refractivity contribution is 5.88. The first kappa shape index (κ1) is 17.1. The van der Waals surface area contributed by atoms with E-state index in [1.807, 2.05) is 18.9 Å². The number of rotatable bonds is 2. The number of halogens is 3. The van der Waals surface area contributed by atoms with Crippen LogP contribution in [0.2, 0.25) is 0 Å². The van der Waals surface area contributed by atoms with Crippen molar-refractivity contribution in [3.05, 3.63) is 0 Å². The van der Waals surface area contributed by atoms with E-state index in [1.165, 1.54) is 4.90 Å². The van der Waals surface area contributed by atoms with E-state index in [0.717, 1.165) is 6.54 Å². The molecule has 2 amide bonds. The van der Waals surface area contributed by atoms with Crippen molar-refractivity contribution in [1.82, 2.24) is 14.7 Å². The number of carbonyl (C=O) groups is 2. The lowest BCUT2D eigenvalue weighted by atomic mass is 9.82. The van der Waals surface area contributed by atoms with Crippen LogP contribution in [0.4, 0.5) is 13.2 Å². The molecule has 0 bridgehead atoms. The molecule has 2 aliphatic rings. The van der Waals surface area contributed by atoms with Gasteiger partial charge >= 0.3 is 6.18 Å². The molecule has 2 aliphatic heterocycles. The second-order valence-electron chi connectivity index (χ2n) is 6.01. The molecule has 0 N–H and O–H groups in total. The molecule has 0 atom stereocenters. The summed E-state index contributed by atoms with van der Waals surface area (Å²) in [6, 6.07) is 0. The van der Waals surface area contributed by atoms with Crippen molar-refractivity contribution in [2.45, 2.75) is 37.9 Å². The minimum Gasteiger partial charge on any atom is -0.342 e. The van der Waals surface area contributed by atoms with Gasteiger partial charge in [-0.1, -0.05) is 0 Å². The van der Waals surface area contributed by atoms with Gasteiger partial charge in [-0.05, 0) is 26.8 Å². The summed E-state index contributed by atoms with van der Waals surface area (Å²) < 4.78 is 36.9. The smallest absolute Gasteiger partial charge is 0.342 e. The molecule has 2 rings (SSSR count). The number of hydrogen-bond donors (Lipinski definition) is 0. The lowest BCUT2D eigenvalue weighted by Crippen LogP contribution is -2.67. The van der Waals surface area contributed by atoms with Gasteiger partial charge < -0.3 is 9.80 Å². The molecular formula is C14H22F3N3O2. The monoisotopic (exact) mass is 321 g/mol. The van der Waals surface area contributed by atoms with Crippen LogP contribution in [0.25, 0.3) is 0 Å². The molecule has 2 fully saturated rings. The lowest BCUT2D eigenvalue weighted by molar-refractivity contribution is -0.167. The molecule has 0 aromatic carbocycles. The van der Waals surface area contributed by atoms with Crippen molar-refractivity contribution in [3.8, 4) is 0 Å². The average molecular weight is 321 g/mol. The van der Waals surface area contributed by atoms with Crippen LogP contribution in [0.1, 0.15) is 26.2 Å². The molecule has 0 unspecified atom stereocenters. The molecule has 0 aromatic rings. The third kappa shape index (κ3) is 3.21. The molecule has 2 saturated heterocycles. The van der Waals surface area contributed by atoms with Gasteiger partial charge in [0.05, 0.1) is 0 Å². The van der Waals surface area contributed by atoms with Gasteiger partial charge in [-0.25, -0.2) is 0 Å². The van der Waals surface area contributed by atoms with Crippen LogP contribution in [0.5, 0.6) is 0 Å². The zero-order chi connectivity index (χ0) is 16.5.